The van der Waals surface area contributed by atoms with Crippen LogP contribution in [0.4, 0.5) is 14.9 Å². The van der Waals surface area contributed by atoms with Crippen LogP contribution in [-0.4, -0.2) is 78.7 Å². The monoisotopic (exact) mass is 466 g/mol. The normalized spacial score (nSPS) is 22.8. The average Bonchev–Trinajstić information content (AvgIpc) is 2.71. The summed E-state index contributed by atoms with van der Waals surface area (Å²) in [5, 5.41) is 2.99. The van der Waals surface area contributed by atoms with Crippen molar-refractivity contribution in [2.45, 2.75) is 32.5 Å². The Bertz CT molecular complexity index is 1030. The Hall–Kier alpha value is -2.47. The second kappa shape index (κ2) is 9.57. The van der Waals surface area contributed by atoms with E-state index >= 15 is 4.39 Å². The van der Waals surface area contributed by atoms with Crippen LogP contribution in [0.3, 0.4) is 0 Å². The van der Waals surface area contributed by atoms with Crippen molar-refractivity contribution in [3.05, 3.63) is 53.6 Å². The van der Waals surface area contributed by atoms with Gasteiger partial charge in [0.2, 0.25) is 0 Å². The molecule has 9 nitrogen and oxygen atoms in total. The highest BCUT2D eigenvalue weighted by Gasteiger charge is 2.33. The Kier molecular flexibility index (Phi) is 7.23. The van der Waals surface area contributed by atoms with Crippen LogP contribution in [0.15, 0.2) is 42.2 Å². The maximum absolute atomic E-state index is 15.3. The highest BCUT2D eigenvalue weighted by atomic mass is 32.2. The summed E-state index contributed by atoms with van der Waals surface area (Å²) in [5.41, 5.74) is 6.21. The van der Waals surface area contributed by atoms with Gasteiger partial charge in [0.25, 0.3) is 10.2 Å². The van der Waals surface area contributed by atoms with Gasteiger partial charge in [-0.15, -0.1) is 0 Å². The number of amides is 2. The Morgan fingerprint density at radius 3 is 2.62 bits per heavy atom. The molecule has 1 aromatic carbocycles. The summed E-state index contributed by atoms with van der Waals surface area (Å²) in [6, 6.07) is 4.10. The summed E-state index contributed by atoms with van der Waals surface area (Å²) in [7, 11) is -0.452. The van der Waals surface area contributed by atoms with Crippen molar-refractivity contribution >= 4 is 21.9 Å². The molecule has 32 heavy (non-hydrogen) atoms. The maximum Gasteiger partial charge on any atom is 0.320 e. The number of carbonyl (C=O) groups excluding carboxylic acids is 1. The minimum Gasteiger partial charge on any atom is -0.351 e. The Labute approximate surface area is 189 Å². The van der Waals surface area contributed by atoms with E-state index in [9.17, 15) is 13.2 Å². The smallest absolute Gasteiger partial charge is 0.320 e. The number of nitrogens with two attached hydrogens (primary N) is 1. The van der Waals surface area contributed by atoms with E-state index in [0.29, 0.717) is 37.6 Å². The van der Waals surface area contributed by atoms with Crippen molar-refractivity contribution in [1.82, 2.24) is 18.4 Å². The highest BCUT2D eigenvalue weighted by molar-refractivity contribution is 7.86. The van der Waals surface area contributed by atoms with E-state index in [1.165, 1.54) is 27.6 Å². The molecule has 0 aromatic heterocycles. The minimum atomic E-state index is -3.48. The van der Waals surface area contributed by atoms with E-state index in [0.717, 1.165) is 0 Å². The SMILES string of the molecule is CC1C=CC=C(Nc2cccc(CN3CCN(S(=O)(=O)N(C)C)C[C@H]3C)c2F)N1C(N)=O. The number of benzene rings is 1. The molecular weight excluding hydrogens is 435 g/mol. The van der Waals surface area contributed by atoms with Gasteiger partial charge in [0.05, 0.1) is 11.7 Å². The first kappa shape index (κ1) is 24.2. The number of rotatable bonds is 6. The van der Waals surface area contributed by atoms with Crippen LogP contribution in [-0.2, 0) is 16.8 Å². The first-order valence-electron chi connectivity index (χ1n) is 10.5. The zero-order valence-electron chi connectivity index (χ0n) is 18.8. The van der Waals surface area contributed by atoms with Crippen molar-refractivity contribution < 1.29 is 17.6 Å². The van der Waals surface area contributed by atoms with E-state index in [4.69, 9.17) is 5.73 Å². The van der Waals surface area contributed by atoms with Crippen LogP contribution in [0.1, 0.15) is 19.4 Å². The van der Waals surface area contributed by atoms with Crippen LogP contribution < -0.4 is 11.1 Å². The van der Waals surface area contributed by atoms with Crippen LogP contribution in [0.5, 0.6) is 0 Å². The topological polar surface area (TPSA) is 102 Å². The van der Waals surface area contributed by atoms with E-state index in [2.05, 4.69) is 10.2 Å². The van der Waals surface area contributed by atoms with Crippen LogP contribution >= 0.6 is 0 Å². The average molecular weight is 467 g/mol. The molecule has 1 unspecified atom stereocenters. The fraction of sp³-hybridized carbons (Fsp3) is 0.476. The summed E-state index contributed by atoms with van der Waals surface area (Å²) in [6.07, 6.45) is 5.28. The van der Waals surface area contributed by atoms with E-state index in [1.54, 1.807) is 30.4 Å². The van der Waals surface area contributed by atoms with Gasteiger partial charge in [0, 0.05) is 51.9 Å². The standard InChI is InChI=1S/C21H31FN6O3S/c1-15-7-5-10-19(28(15)21(23)29)24-18-9-6-8-17(20(18)22)14-26-11-12-27(13-16(26)2)32(30,31)25(3)4/h5-10,15-16,24H,11-14H2,1-4H3,(H2,23,29)/t15?,16-/m1/s1. The van der Waals surface area contributed by atoms with E-state index < -0.39 is 22.1 Å². The van der Waals surface area contributed by atoms with Crippen molar-refractivity contribution in [3.8, 4) is 0 Å². The molecule has 0 saturated carbocycles. The number of halogens is 1. The molecule has 0 aliphatic carbocycles. The molecule has 1 saturated heterocycles. The van der Waals surface area contributed by atoms with Crippen molar-refractivity contribution in [2.24, 2.45) is 5.73 Å². The molecule has 1 aromatic rings. The Morgan fingerprint density at radius 2 is 2.00 bits per heavy atom. The molecule has 0 radical (unpaired) electrons. The third-order valence-corrected chi connectivity index (χ3v) is 7.69. The quantitative estimate of drug-likeness (QED) is 0.665. The number of nitrogens with zero attached hydrogens (tertiary/aromatic N) is 4. The molecule has 11 heteroatoms. The predicted molar refractivity (Wildman–Crippen MR) is 122 cm³/mol. The fourth-order valence-corrected chi connectivity index (χ4v) is 5.09. The lowest BCUT2D eigenvalue weighted by atomic mass is 10.1. The Balaban J connectivity index is 1.74. The number of carbonyl (C=O) groups is 1. The van der Waals surface area contributed by atoms with Gasteiger partial charge in [-0.2, -0.15) is 17.0 Å². The summed E-state index contributed by atoms with van der Waals surface area (Å²) in [6.45, 7) is 5.27. The highest BCUT2D eigenvalue weighted by Crippen LogP contribution is 2.25. The molecule has 2 amide bonds. The van der Waals surface area contributed by atoms with Gasteiger partial charge in [-0.1, -0.05) is 24.3 Å². The minimum absolute atomic E-state index is 0.0770. The molecule has 2 atom stereocenters. The number of hydrogen-bond donors (Lipinski definition) is 2. The van der Waals surface area contributed by atoms with E-state index in [1.807, 2.05) is 19.9 Å². The zero-order valence-corrected chi connectivity index (χ0v) is 19.6. The summed E-state index contributed by atoms with van der Waals surface area (Å²) >= 11 is 0. The largest absolute Gasteiger partial charge is 0.351 e. The molecule has 176 valence electrons. The lowest BCUT2D eigenvalue weighted by Gasteiger charge is -2.40. The van der Waals surface area contributed by atoms with E-state index in [-0.39, 0.29) is 17.8 Å². The van der Waals surface area contributed by atoms with Crippen molar-refractivity contribution in [3.63, 3.8) is 0 Å². The van der Waals surface area contributed by atoms with Gasteiger partial charge in [0.1, 0.15) is 5.82 Å². The van der Waals surface area contributed by atoms with Crippen LogP contribution in [0, 0.1) is 5.82 Å². The van der Waals surface area contributed by atoms with Crippen molar-refractivity contribution in [1.29, 1.82) is 0 Å². The molecule has 0 spiro atoms. The molecule has 2 heterocycles. The number of primary amides is 1. The number of piperazine rings is 1. The second-order valence-electron chi connectivity index (χ2n) is 8.26. The third-order valence-electron chi connectivity index (χ3n) is 5.78. The van der Waals surface area contributed by atoms with Gasteiger partial charge in [-0.3, -0.25) is 9.80 Å². The third kappa shape index (κ3) is 4.96. The van der Waals surface area contributed by atoms with Crippen LogP contribution in [0.2, 0.25) is 0 Å². The first-order chi connectivity index (χ1) is 15.0. The number of urea groups is 1. The summed E-state index contributed by atoms with van der Waals surface area (Å²) in [5.74, 6) is -0.0185. The van der Waals surface area contributed by atoms with Gasteiger partial charge in [-0.25, -0.2) is 9.18 Å². The van der Waals surface area contributed by atoms with Gasteiger partial charge < -0.3 is 11.1 Å². The number of anilines is 1. The second-order valence-corrected chi connectivity index (χ2v) is 10.4. The zero-order chi connectivity index (χ0) is 23.6. The fourth-order valence-electron chi connectivity index (χ4n) is 3.91. The number of allylic oxidation sites excluding steroid dienone is 2. The molecule has 2 aliphatic rings. The summed E-state index contributed by atoms with van der Waals surface area (Å²) in [4.78, 5) is 15.3. The molecule has 1 fully saturated rings. The lowest BCUT2D eigenvalue weighted by molar-refractivity contribution is 0.118. The van der Waals surface area contributed by atoms with Crippen LogP contribution in [0.25, 0.3) is 0 Å². The molecule has 3 rings (SSSR count). The molecule has 3 N–H and O–H groups in total. The predicted octanol–water partition coefficient (Wildman–Crippen LogP) is 1.73. The van der Waals surface area contributed by atoms with Crippen molar-refractivity contribution in [2.75, 3.05) is 39.0 Å². The first-order valence-corrected chi connectivity index (χ1v) is 11.8. The Morgan fingerprint density at radius 1 is 1.28 bits per heavy atom. The van der Waals surface area contributed by atoms with Gasteiger partial charge in [-0.05, 0) is 26.0 Å². The molecular formula is C21H31FN6O3S. The maximum atomic E-state index is 15.3. The van der Waals surface area contributed by atoms with Gasteiger partial charge >= 0.3 is 6.03 Å². The molecule has 2 aliphatic heterocycles. The number of hydrogen-bond acceptors (Lipinski definition) is 5. The van der Waals surface area contributed by atoms with Gasteiger partial charge in [0.15, 0.2) is 5.82 Å². The summed E-state index contributed by atoms with van der Waals surface area (Å²) < 4.78 is 42.8. The molecule has 0 bridgehead atoms. The number of nitrogens with one attached hydrogen (secondary N) is 1. The lowest BCUT2D eigenvalue weighted by Crippen LogP contribution is -2.55.